The lowest BCUT2D eigenvalue weighted by Crippen LogP contribution is -2.26. The van der Waals surface area contributed by atoms with E-state index in [4.69, 9.17) is 0 Å². The lowest BCUT2D eigenvalue weighted by atomic mass is 9.85. The number of hydrogen-bond donors (Lipinski definition) is 3. The summed E-state index contributed by atoms with van der Waals surface area (Å²) in [6.07, 6.45) is 0. The van der Waals surface area contributed by atoms with Gasteiger partial charge in [-0.15, -0.1) is 0 Å². The smallest absolute Gasteiger partial charge is 0.252 e. The van der Waals surface area contributed by atoms with E-state index >= 15 is 0 Å². The molecule has 1 aliphatic rings. The molecule has 2 aromatic carbocycles. The van der Waals surface area contributed by atoms with Crippen LogP contribution in [0.25, 0.3) is 10.9 Å². The zero-order valence-electron chi connectivity index (χ0n) is 14.5. The van der Waals surface area contributed by atoms with Crippen molar-refractivity contribution < 1.29 is 14.3 Å². The number of carbonyl (C=O) groups excluding carboxylic acids is 1. The Labute approximate surface area is 150 Å². The molecule has 2 heterocycles. The number of hydrogen-bond acceptors (Lipinski definition) is 2. The summed E-state index contributed by atoms with van der Waals surface area (Å²) in [6, 6.07) is 13.7. The van der Waals surface area contributed by atoms with E-state index in [1.807, 2.05) is 37.3 Å². The van der Waals surface area contributed by atoms with E-state index in [1.54, 1.807) is 13.0 Å². The van der Waals surface area contributed by atoms with Crippen molar-refractivity contribution >= 4 is 16.8 Å². The summed E-state index contributed by atoms with van der Waals surface area (Å²) in [5, 5.41) is 14.1. The van der Waals surface area contributed by atoms with Crippen LogP contribution in [0.4, 0.5) is 4.39 Å². The molecule has 2 unspecified atom stereocenters. The van der Waals surface area contributed by atoms with Crippen LogP contribution in [0.1, 0.15) is 29.7 Å². The van der Waals surface area contributed by atoms with Gasteiger partial charge >= 0.3 is 0 Å². The highest BCUT2D eigenvalue weighted by atomic mass is 19.1. The molecular formula is C21H19FN2O2. The Morgan fingerprint density at radius 2 is 1.88 bits per heavy atom. The van der Waals surface area contributed by atoms with Gasteiger partial charge in [-0.2, -0.15) is 0 Å². The monoisotopic (exact) mass is 350 g/mol. The molecule has 0 spiro atoms. The van der Waals surface area contributed by atoms with Crippen molar-refractivity contribution in [2.24, 2.45) is 0 Å². The third-order valence-electron chi connectivity index (χ3n) is 5.05. The molecule has 0 bridgehead atoms. The van der Waals surface area contributed by atoms with Gasteiger partial charge in [0.1, 0.15) is 11.6 Å². The molecular weight excluding hydrogens is 331 g/mol. The molecule has 3 aromatic rings. The normalized spacial score (nSPS) is 18.4. The van der Waals surface area contributed by atoms with Gasteiger partial charge in [0.25, 0.3) is 5.91 Å². The van der Waals surface area contributed by atoms with Gasteiger partial charge in [-0.25, -0.2) is 4.39 Å². The van der Waals surface area contributed by atoms with Crippen LogP contribution in [-0.2, 0) is 4.79 Å². The Kier molecular flexibility index (Phi) is 3.80. The van der Waals surface area contributed by atoms with Crippen LogP contribution >= 0.6 is 0 Å². The van der Waals surface area contributed by atoms with Crippen LogP contribution in [0.3, 0.4) is 0 Å². The van der Waals surface area contributed by atoms with Crippen molar-refractivity contribution in [1.29, 1.82) is 0 Å². The number of amides is 1. The van der Waals surface area contributed by atoms with Gasteiger partial charge in [-0.1, -0.05) is 30.3 Å². The maximum atomic E-state index is 13.7. The van der Waals surface area contributed by atoms with Crippen molar-refractivity contribution in [1.82, 2.24) is 10.3 Å². The summed E-state index contributed by atoms with van der Waals surface area (Å²) in [5.41, 5.74) is 3.65. The van der Waals surface area contributed by atoms with Gasteiger partial charge in [-0.05, 0) is 43.2 Å². The first kappa shape index (κ1) is 16.4. The fourth-order valence-electron chi connectivity index (χ4n) is 3.70. The molecule has 0 fully saturated rings. The number of carbonyl (C=O) groups is 1. The van der Waals surface area contributed by atoms with E-state index < -0.39 is 12.0 Å². The summed E-state index contributed by atoms with van der Waals surface area (Å²) in [6.45, 7) is 3.65. The van der Waals surface area contributed by atoms with Crippen LogP contribution < -0.4 is 5.32 Å². The standard InChI is InChI=1S/C21H19FN2O2/c1-11-15-10-14(22)8-9-16(15)24-19(11)17(13-6-4-3-5-7-13)18-20(25)12(2)23-21(18)26/h3-10,12,17,24-25H,1-2H3,(H,23,26). The van der Waals surface area contributed by atoms with Crippen LogP contribution in [0, 0.1) is 12.7 Å². The molecule has 26 heavy (non-hydrogen) atoms. The van der Waals surface area contributed by atoms with Gasteiger partial charge < -0.3 is 15.4 Å². The number of fused-ring (bicyclic) bond motifs is 1. The van der Waals surface area contributed by atoms with Gasteiger partial charge in [0.15, 0.2) is 0 Å². The quantitative estimate of drug-likeness (QED) is 0.666. The van der Waals surface area contributed by atoms with E-state index in [-0.39, 0.29) is 17.5 Å². The molecule has 4 rings (SSSR count). The fraction of sp³-hybridized carbons (Fsp3) is 0.190. The number of aromatic nitrogens is 1. The predicted octanol–water partition coefficient (Wildman–Crippen LogP) is 4.08. The predicted molar refractivity (Wildman–Crippen MR) is 98.5 cm³/mol. The fourth-order valence-corrected chi connectivity index (χ4v) is 3.70. The Hall–Kier alpha value is -3.08. The molecule has 1 aliphatic heterocycles. The van der Waals surface area contributed by atoms with Crippen LogP contribution in [0.2, 0.25) is 0 Å². The minimum Gasteiger partial charge on any atom is -0.510 e. The minimum atomic E-state index is -0.461. The molecule has 1 amide bonds. The van der Waals surface area contributed by atoms with Crippen molar-refractivity contribution in [3.63, 3.8) is 0 Å². The van der Waals surface area contributed by atoms with Crippen LogP contribution in [-0.4, -0.2) is 22.0 Å². The second kappa shape index (κ2) is 6.02. The van der Waals surface area contributed by atoms with Crippen molar-refractivity contribution in [2.75, 3.05) is 0 Å². The molecule has 0 aliphatic carbocycles. The van der Waals surface area contributed by atoms with Gasteiger partial charge in [-0.3, -0.25) is 4.79 Å². The first-order valence-corrected chi connectivity index (χ1v) is 8.54. The number of nitrogens with one attached hydrogen (secondary N) is 2. The maximum absolute atomic E-state index is 13.7. The van der Waals surface area contributed by atoms with Crippen molar-refractivity contribution in [3.8, 4) is 0 Å². The molecule has 0 saturated carbocycles. The van der Waals surface area contributed by atoms with Gasteiger partial charge in [0.05, 0.1) is 17.5 Å². The topological polar surface area (TPSA) is 65.1 Å². The minimum absolute atomic E-state index is 0.0492. The highest BCUT2D eigenvalue weighted by molar-refractivity contribution is 5.99. The number of aryl methyl sites for hydroxylation is 1. The summed E-state index contributed by atoms with van der Waals surface area (Å²) < 4.78 is 13.7. The highest BCUT2D eigenvalue weighted by Gasteiger charge is 2.37. The average Bonchev–Trinajstić information content (AvgIpc) is 3.08. The van der Waals surface area contributed by atoms with Gasteiger partial charge in [0, 0.05) is 16.6 Å². The zero-order chi connectivity index (χ0) is 18.4. The van der Waals surface area contributed by atoms with Gasteiger partial charge in [0.2, 0.25) is 0 Å². The highest BCUT2D eigenvalue weighted by Crippen LogP contribution is 2.39. The van der Waals surface area contributed by atoms with E-state index in [0.29, 0.717) is 5.57 Å². The second-order valence-electron chi connectivity index (χ2n) is 6.69. The Bertz CT molecular complexity index is 1040. The molecule has 5 heteroatoms. The summed E-state index contributed by atoms with van der Waals surface area (Å²) >= 11 is 0. The Balaban J connectivity index is 1.99. The van der Waals surface area contributed by atoms with Crippen molar-refractivity contribution in [3.05, 3.63) is 82.5 Å². The third kappa shape index (κ3) is 2.47. The maximum Gasteiger partial charge on any atom is 0.252 e. The number of aliphatic hydroxyl groups excluding tert-OH is 1. The van der Waals surface area contributed by atoms with Crippen molar-refractivity contribution in [2.45, 2.75) is 25.8 Å². The van der Waals surface area contributed by atoms with Crippen LogP contribution in [0.5, 0.6) is 0 Å². The van der Waals surface area contributed by atoms with E-state index in [0.717, 1.165) is 27.7 Å². The number of rotatable bonds is 3. The Morgan fingerprint density at radius 3 is 2.54 bits per heavy atom. The molecule has 4 nitrogen and oxygen atoms in total. The Morgan fingerprint density at radius 1 is 1.15 bits per heavy atom. The lowest BCUT2D eigenvalue weighted by Gasteiger charge is -2.18. The zero-order valence-corrected chi connectivity index (χ0v) is 14.5. The number of halogens is 1. The third-order valence-corrected chi connectivity index (χ3v) is 5.05. The first-order valence-electron chi connectivity index (χ1n) is 8.54. The molecule has 0 radical (unpaired) electrons. The SMILES string of the molecule is Cc1c(C(C2=C(O)C(C)NC2=O)c2ccccc2)[nH]c2ccc(F)cc12. The second-order valence-corrected chi connectivity index (χ2v) is 6.69. The number of aliphatic hydroxyl groups is 1. The van der Waals surface area contributed by atoms with E-state index in [1.165, 1.54) is 12.1 Å². The number of aromatic amines is 1. The molecule has 2 atom stereocenters. The van der Waals surface area contributed by atoms with E-state index in [2.05, 4.69) is 10.3 Å². The summed E-state index contributed by atoms with van der Waals surface area (Å²) in [4.78, 5) is 15.9. The van der Waals surface area contributed by atoms with Crippen LogP contribution in [0.15, 0.2) is 59.9 Å². The lowest BCUT2D eigenvalue weighted by molar-refractivity contribution is -0.117. The number of benzene rings is 2. The average molecular weight is 350 g/mol. The first-order chi connectivity index (χ1) is 12.5. The molecule has 3 N–H and O–H groups in total. The number of H-pyrrole nitrogens is 1. The molecule has 0 saturated heterocycles. The summed E-state index contributed by atoms with van der Waals surface area (Å²) in [7, 11) is 0. The van der Waals surface area contributed by atoms with E-state index in [9.17, 15) is 14.3 Å². The summed E-state index contributed by atoms with van der Waals surface area (Å²) in [5.74, 6) is -1.01. The molecule has 132 valence electrons. The molecule has 1 aromatic heterocycles. The largest absolute Gasteiger partial charge is 0.510 e.